The van der Waals surface area contributed by atoms with Gasteiger partial charge in [0.1, 0.15) is 11.6 Å². The molecule has 8 heteroatoms. The highest BCUT2D eigenvalue weighted by atomic mass is 32.2. The number of phenolic OH excluding ortho intramolecular Hbond substituents is 1. The van der Waals surface area contributed by atoms with Gasteiger partial charge in [-0.3, -0.25) is 14.2 Å². The molecule has 0 unspecified atom stereocenters. The van der Waals surface area contributed by atoms with Crippen molar-refractivity contribution in [3.8, 4) is 11.4 Å². The van der Waals surface area contributed by atoms with Crippen molar-refractivity contribution in [2.45, 2.75) is 18.1 Å². The van der Waals surface area contributed by atoms with E-state index in [0.29, 0.717) is 21.3 Å². The number of anilines is 1. The number of fused-ring (bicyclic) bond motifs is 1. The zero-order valence-corrected chi connectivity index (χ0v) is 15.5. The van der Waals surface area contributed by atoms with E-state index in [1.165, 1.54) is 27.7 Å². The normalized spacial score (nSPS) is 11.2. The van der Waals surface area contributed by atoms with E-state index in [1.54, 1.807) is 25.1 Å². The number of aryl methyl sites for hydroxylation is 1. The van der Waals surface area contributed by atoms with Crippen LogP contribution < -0.4 is 17.0 Å². The van der Waals surface area contributed by atoms with Gasteiger partial charge in [0.15, 0.2) is 0 Å². The van der Waals surface area contributed by atoms with E-state index in [4.69, 9.17) is 11.5 Å². The summed E-state index contributed by atoms with van der Waals surface area (Å²) < 4.78 is 2.64. The molecule has 0 saturated carbocycles. The van der Waals surface area contributed by atoms with Crippen molar-refractivity contribution in [3.63, 3.8) is 0 Å². The number of phenols is 1. The lowest BCUT2D eigenvalue weighted by Crippen LogP contribution is -2.27. The van der Waals surface area contributed by atoms with Gasteiger partial charge in [-0.25, -0.2) is 0 Å². The zero-order valence-electron chi connectivity index (χ0n) is 13.9. The number of thioether (sulfide) groups is 1. The molecule has 5 N–H and O–H groups in total. The predicted octanol–water partition coefficient (Wildman–Crippen LogP) is 2.78. The average molecular weight is 375 g/mol. The molecule has 3 aromatic rings. The van der Waals surface area contributed by atoms with Crippen LogP contribution in [0.5, 0.6) is 5.75 Å². The molecule has 0 aliphatic carbocycles. The molecule has 0 radical (unpaired) electrons. The van der Waals surface area contributed by atoms with Crippen LogP contribution in [0.2, 0.25) is 0 Å². The molecule has 3 rings (SSSR count). The molecule has 1 amide bonds. The van der Waals surface area contributed by atoms with Crippen molar-refractivity contribution in [2.24, 2.45) is 5.73 Å². The molecule has 0 atom stereocenters. The molecular weight excluding hydrogens is 358 g/mol. The first kappa shape index (κ1) is 17.4. The highest BCUT2D eigenvalue weighted by Gasteiger charge is 2.23. The molecule has 130 valence electrons. The number of amides is 1. The van der Waals surface area contributed by atoms with Crippen molar-refractivity contribution >= 4 is 44.9 Å². The SMILES string of the molecule is CSc1cc2c(=O)n(-c3c(C)ccc(O)c3C)c(N)c(C(N)=O)c2s1. The monoisotopic (exact) mass is 375 g/mol. The molecule has 0 fully saturated rings. The number of carbonyl (C=O) groups excluding carboxylic acids is 1. The number of carbonyl (C=O) groups is 1. The molecule has 1 aromatic carbocycles. The van der Waals surface area contributed by atoms with E-state index in [-0.39, 0.29) is 22.7 Å². The Morgan fingerprint density at radius 2 is 2.00 bits per heavy atom. The van der Waals surface area contributed by atoms with Gasteiger partial charge in [0.25, 0.3) is 11.5 Å². The molecule has 0 spiro atoms. The Labute approximate surface area is 152 Å². The molecule has 2 aromatic heterocycles. The van der Waals surface area contributed by atoms with E-state index in [9.17, 15) is 14.7 Å². The number of thiophene rings is 1. The second-order valence-electron chi connectivity index (χ2n) is 5.65. The number of nitrogens with zero attached hydrogens (tertiary/aromatic N) is 1. The van der Waals surface area contributed by atoms with Crippen LogP contribution in [0.1, 0.15) is 21.5 Å². The third-order valence-corrected chi connectivity index (χ3v) is 6.36. The highest BCUT2D eigenvalue weighted by Crippen LogP contribution is 2.36. The molecule has 25 heavy (non-hydrogen) atoms. The summed E-state index contributed by atoms with van der Waals surface area (Å²) in [5.41, 5.74) is 13.3. The van der Waals surface area contributed by atoms with Gasteiger partial charge in [-0.05, 0) is 37.8 Å². The van der Waals surface area contributed by atoms with E-state index >= 15 is 0 Å². The second-order valence-corrected chi connectivity index (χ2v) is 7.81. The first-order valence-electron chi connectivity index (χ1n) is 7.39. The topological polar surface area (TPSA) is 111 Å². The van der Waals surface area contributed by atoms with Crippen LogP contribution in [-0.4, -0.2) is 21.8 Å². The third kappa shape index (κ3) is 2.58. The van der Waals surface area contributed by atoms with Gasteiger partial charge in [0.2, 0.25) is 0 Å². The van der Waals surface area contributed by atoms with Crippen LogP contribution in [0.15, 0.2) is 27.2 Å². The lowest BCUT2D eigenvalue weighted by molar-refractivity contribution is 0.100. The molecule has 0 aliphatic heterocycles. The molecule has 0 aliphatic rings. The Hall–Kier alpha value is -2.45. The van der Waals surface area contributed by atoms with Crippen LogP contribution in [0.4, 0.5) is 5.82 Å². The predicted molar refractivity (Wildman–Crippen MR) is 103 cm³/mol. The maximum Gasteiger partial charge on any atom is 0.265 e. The number of pyridine rings is 1. The van der Waals surface area contributed by atoms with E-state index in [1.807, 2.05) is 13.2 Å². The highest BCUT2D eigenvalue weighted by molar-refractivity contribution is 8.00. The Morgan fingerprint density at radius 1 is 1.32 bits per heavy atom. The van der Waals surface area contributed by atoms with Crippen LogP contribution in [-0.2, 0) is 0 Å². The number of primary amides is 1. The van der Waals surface area contributed by atoms with Gasteiger partial charge < -0.3 is 16.6 Å². The summed E-state index contributed by atoms with van der Waals surface area (Å²) >= 11 is 2.79. The van der Waals surface area contributed by atoms with Crippen molar-refractivity contribution in [1.82, 2.24) is 4.57 Å². The van der Waals surface area contributed by atoms with Crippen molar-refractivity contribution in [1.29, 1.82) is 0 Å². The summed E-state index contributed by atoms with van der Waals surface area (Å²) in [5.74, 6) is -0.666. The van der Waals surface area contributed by atoms with Gasteiger partial charge in [-0.1, -0.05) is 6.07 Å². The minimum absolute atomic E-state index is 0.0173. The standard InChI is InChI=1S/C17H17N3O3S2/c1-7-4-5-10(21)8(2)13(7)20-15(18)12(16(19)22)14-9(17(20)23)6-11(24-3)25-14/h4-6,21H,18H2,1-3H3,(H2,19,22). The van der Waals surface area contributed by atoms with Gasteiger partial charge in [-0.2, -0.15) is 0 Å². The van der Waals surface area contributed by atoms with Gasteiger partial charge in [0, 0.05) is 5.56 Å². The lowest BCUT2D eigenvalue weighted by Gasteiger charge is -2.18. The summed E-state index contributed by atoms with van der Waals surface area (Å²) in [7, 11) is 0. The summed E-state index contributed by atoms with van der Waals surface area (Å²) in [6.45, 7) is 3.50. The number of nitrogens with two attached hydrogens (primary N) is 2. The quantitative estimate of drug-likeness (QED) is 0.610. The molecule has 2 heterocycles. The number of aromatic hydroxyl groups is 1. The molecular formula is C17H17N3O3S2. The van der Waals surface area contributed by atoms with Crippen LogP contribution in [0.3, 0.4) is 0 Å². The van der Waals surface area contributed by atoms with Crippen LogP contribution in [0, 0.1) is 13.8 Å². The Bertz CT molecular complexity index is 1080. The first-order chi connectivity index (χ1) is 11.8. The third-order valence-electron chi connectivity index (χ3n) is 4.14. The van der Waals surface area contributed by atoms with E-state index in [2.05, 4.69) is 0 Å². The Kier molecular flexibility index (Phi) is 4.26. The number of rotatable bonds is 3. The molecule has 0 saturated heterocycles. The fourth-order valence-electron chi connectivity index (χ4n) is 2.90. The van der Waals surface area contributed by atoms with E-state index < -0.39 is 5.91 Å². The maximum absolute atomic E-state index is 13.1. The van der Waals surface area contributed by atoms with Crippen LogP contribution >= 0.6 is 23.1 Å². The van der Waals surface area contributed by atoms with Crippen molar-refractivity contribution in [2.75, 3.05) is 12.0 Å². The van der Waals surface area contributed by atoms with Crippen molar-refractivity contribution in [3.05, 3.63) is 45.2 Å². The Balaban J connectivity index is 2.56. The number of benzene rings is 1. The summed E-state index contributed by atoms with van der Waals surface area (Å²) in [4.78, 5) is 25.2. The van der Waals surface area contributed by atoms with Gasteiger partial charge >= 0.3 is 0 Å². The minimum Gasteiger partial charge on any atom is -0.508 e. The van der Waals surface area contributed by atoms with Gasteiger partial charge in [0.05, 0.1) is 25.5 Å². The summed E-state index contributed by atoms with van der Waals surface area (Å²) in [5, 5.41) is 10.4. The van der Waals surface area contributed by atoms with E-state index in [0.717, 1.165) is 9.77 Å². The fraction of sp³-hybridized carbons (Fsp3) is 0.176. The van der Waals surface area contributed by atoms with Crippen LogP contribution in [0.25, 0.3) is 15.8 Å². The maximum atomic E-state index is 13.1. The fourth-order valence-corrected chi connectivity index (χ4v) is 4.66. The summed E-state index contributed by atoms with van der Waals surface area (Å²) in [6.07, 6.45) is 1.89. The average Bonchev–Trinajstić information content (AvgIpc) is 2.98. The number of hydrogen-bond donors (Lipinski definition) is 3. The molecule has 0 bridgehead atoms. The number of aromatic nitrogens is 1. The first-order valence-corrected chi connectivity index (χ1v) is 9.43. The number of hydrogen-bond acceptors (Lipinski definition) is 6. The number of nitrogen functional groups attached to an aromatic ring is 1. The lowest BCUT2D eigenvalue weighted by atomic mass is 10.1. The Morgan fingerprint density at radius 3 is 2.60 bits per heavy atom. The van der Waals surface area contributed by atoms with Crippen molar-refractivity contribution < 1.29 is 9.90 Å². The molecule has 6 nitrogen and oxygen atoms in total. The zero-order chi connectivity index (χ0) is 18.5. The smallest absolute Gasteiger partial charge is 0.265 e. The van der Waals surface area contributed by atoms with Gasteiger partial charge in [-0.15, -0.1) is 23.1 Å². The second kappa shape index (κ2) is 6.12. The summed E-state index contributed by atoms with van der Waals surface area (Å²) in [6, 6.07) is 4.99. The largest absolute Gasteiger partial charge is 0.508 e. The minimum atomic E-state index is -0.693.